The maximum Gasteiger partial charge on any atom is 0.142 e. The number of nitrogen functional groups attached to an aromatic ring is 1. The van der Waals surface area contributed by atoms with Crippen molar-refractivity contribution < 1.29 is 4.79 Å². The first-order valence-electron chi connectivity index (χ1n) is 3.80. The lowest BCUT2D eigenvalue weighted by atomic mass is 10.1. The standard InChI is InChI=1S/C10H10N2O/c11-10(12)9-5-1-3-8(7-9)4-2-6-13/h1-7H,(H3,11,12). The molecule has 0 atom stereocenters. The molecular formula is C10H10N2O. The summed E-state index contributed by atoms with van der Waals surface area (Å²) in [7, 11) is 0. The van der Waals surface area contributed by atoms with Crippen molar-refractivity contribution in [1.82, 2.24) is 0 Å². The van der Waals surface area contributed by atoms with Crippen molar-refractivity contribution >= 4 is 18.2 Å². The second-order valence-electron chi connectivity index (χ2n) is 2.53. The van der Waals surface area contributed by atoms with Crippen LogP contribution in [0.5, 0.6) is 0 Å². The fourth-order valence-electron chi connectivity index (χ4n) is 0.960. The van der Waals surface area contributed by atoms with Crippen LogP contribution >= 0.6 is 0 Å². The van der Waals surface area contributed by atoms with E-state index in [9.17, 15) is 4.79 Å². The maximum absolute atomic E-state index is 10.0. The minimum atomic E-state index is 0.0290. The Balaban J connectivity index is 2.98. The van der Waals surface area contributed by atoms with Gasteiger partial charge in [-0.3, -0.25) is 10.2 Å². The molecule has 0 saturated carbocycles. The SMILES string of the molecule is N=C(N)c1cccc(C=CC=O)c1. The Morgan fingerprint density at radius 3 is 2.85 bits per heavy atom. The van der Waals surface area contributed by atoms with Crippen molar-refractivity contribution in [3.63, 3.8) is 0 Å². The molecule has 66 valence electrons. The summed E-state index contributed by atoms with van der Waals surface area (Å²) in [5.74, 6) is 0.0290. The third-order valence-corrected chi connectivity index (χ3v) is 1.56. The molecule has 0 aliphatic rings. The Morgan fingerprint density at radius 1 is 1.46 bits per heavy atom. The first-order valence-corrected chi connectivity index (χ1v) is 3.80. The number of rotatable bonds is 3. The molecule has 3 nitrogen and oxygen atoms in total. The lowest BCUT2D eigenvalue weighted by Crippen LogP contribution is -2.10. The van der Waals surface area contributed by atoms with Gasteiger partial charge in [0, 0.05) is 5.56 Å². The topological polar surface area (TPSA) is 66.9 Å². The second-order valence-corrected chi connectivity index (χ2v) is 2.53. The normalized spacial score (nSPS) is 10.2. The highest BCUT2D eigenvalue weighted by atomic mass is 16.1. The summed E-state index contributed by atoms with van der Waals surface area (Å²) in [6.45, 7) is 0. The summed E-state index contributed by atoms with van der Waals surface area (Å²) in [6.07, 6.45) is 3.78. The smallest absolute Gasteiger partial charge is 0.142 e. The Hall–Kier alpha value is -1.90. The number of hydrogen-bond donors (Lipinski definition) is 2. The summed E-state index contributed by atoms with van der Waals surface area (Å²) < 4.78 is 0. The van der Waals surface area contributed by atoms with Crippen LogP contribution < -0.4 is 5.73 Å². The first-order chi connectivity index (χ1) is 6.24. The average Bonchev–Trinajstić information content (AvgIpc) is 2.15. The van der Waals surface area contributed by atoms with E-state index in [4.69, 9.17) is 11.1 Å². The van der Waals surface area contributed by atoms with Gasteiger partial charge in [0.2, 0.25) is 0 Å². The molecule has 0 radical (unpaired) electrons. The van der Waals surface area contributed by atoms with Crippen LogP contribution in [0.15, 0.2) is 30.3 Å². The third-order valence-electron chi connectivity index (χ3n) is 1.56. The van der Waals surface area contributed by atoms with Crippen molar-refractivity contribution in [1.29, 1.82) is 5.41 Å². The van der Waals surface area contributed by atoms with Crippen molar-refractivity contribution in [2.75, 3.05) is 0 Å². The third kappa shape index (κ3) is 2.56. The molecule has 13 heavy (non-hydrogen) atoms. The minimum Gasteiger partial charge on any atom is -0.384 e. The van der Waals surface area contributed by atoms with Crippen LogP contribution in [0.25, 0.3) is 6.08 Å². The zero-order valence-corrected chi connectivity index (χ0v) is 7.03. The van der Waals surface area contributed by atoms with Gasteiger partial charge in [0.1, 0.15) is 12.1 Å². The predicted octanol–water partition coefficient (Wildman–Crippen LogP) is 1.18. The van der Waals surface area contributed by atoms with E-state index in [0.717, 1.165) is 5.56 Å². The quantitative estimate of drug-likeness (QED) is 0.313. The molecule has 0 unspecified atom stereocenters. The van der Waals surface area contributed by atoms with Gasteiger partial charge in [-0.05, 0) is 17.7 Å². The number of nitrogens with two attached hydrogens (primary N) is 1. The summed E-state index contributed by atoms with van der Waals surface area (Å²) in [6, 6.07) is 7.14. The lowest BCUT2D eigenvalue weighted by Gasteiger charge is -1.98. The van der Waals surface area contributed by atoms with Gasteiger partial charge < -0.3 is 5.73 Å². The fourth-order valence-corrected chi connectivity index (χ4v) is 0.960. The average molecular weight is 174 g/mol. The van der Waals surface area contributed by atoms with Gasteiger partial charge in [-0.25, -0.2) is 0 Å². The van der Waals surface area contributed by atoms with Crippen LogP contribution in [0.3, 0.4) is 0 Å². The zero-order valence-electron chi connectivity index (χ0n) is 7.03. The molecule has 0 fully saturated rings. The van der Waals surface area contributed by atoms with Crippen LogP contribution in [0.4, 0.5) is 0 Å². The summed E-state index contributed by atoms with van der Waals surface area (Å²) >= 11 is 0. The molecule has 1 rings (SSSR count). The van der Waals surface area contributed by atoms with E-state index in [-0.39, 0.29) is 5.84 Å². The van der Waals surface area contributed by atoms with Crippen molar-refractivity contribution in [3.05, 3.63) is 41.5 Å². The molecule has 0 heterocycles. The number of nitrogens with one attached hydrogen (secondary N) is 1. The van der Waals surface area contributed by atoms with Gasteiger partial charge in [-0.1, -0.05) is 24.3 Å². The minimum absolute atomic E-state index is 0.0290. The van der Waals surface area contributed by atoms with Crippen LogP contribution in [0, 0.1) is 5.41 Å². The van der Waals surface area contributed by atoms with Crippen LogP contribution in [-0.2, 0) is 4.79 Å². The van der Waals surface area contributed by atoms with Crippen molar-refractivity contribution in [3.8, 4) is 0 Å². The number of aldehydes is 1. The lowest BCUT2D eigenvalue weighted by molar-refractivity contribution is -0.104. The molecular weight excluding hydrogens is 164 g/mol. The van der Waals surface area contributed by atoms with E-state index in [1.807, 2.05) is 6.07 Å². The molecule has 0 aliphatic carbocycles. The number of hydrogen-bond acceptors (Lipinski definition) is 2. The first kappa shape index (κ1) is 9.19. The summed E-state index contributed by atoms with van der Waals surface area (Å²) in [5.41, 5.74) is 6.82. The molecule has 3 N–H and O–H groups in total. The van der Waals surface area contributed by atoms with E-state index in [2.05, 4.69) is 0 Å². The Labute approximate surface area is 76.4 Å². The molecule has 0 saturated heterocycles. The molecule has 1 aromatic rings. The molecule has 0 aliphatic heterocycles. The van der Waals surface area contributed by atoms with Gasteiger partial charge in [-0.15, -0.1) is 0 Å². The van der Waals surface area contributed by atoms with E-state index in [1.165, 1.54) is 6.08 Å². The molecule has 1 aromatic carbocycles. The van der Waals surface area contributed by atoms with E-state index < -0.39 is 0 Å². The van der Waals surface area contributed by atoms with Gasteiger partial charge in [0.25, 0.3) is 0 Å². The van der Waals surface area contributed by atoms with Crippen LogP contribution in [0.1, 0.15) is 11.1 Å². The number of allylic oxidation sites excluding steroid dienone is 1. The highest BCUT2D eigenvalue weighted by Crippen LogP contribution is 2.05. The van der Waals surface area contributed by atoms with Crippen molar-refractivity contribution in [2.45, 2.75) is 0 Å². The molecule has 0 bridgehead atoms. The zero-order chi connectivity index (χ0) is 9.68. The summed E-state index contributed by atoms with van der Waals surface area (Å²) in [4.78, 5) is 10.0. The molecule has 0 spiro atoms. The molecule has 3 heteroatoms. The van der Waals surface area contributed by atoms with Crippen molar-refractivity contribution in [2.24, 2.45) is 5.73 Å². The Bertz CT molecular complexity index is 356. The number of benzene rings is 1. The van der Waals surface area contributed by atoms with Crippen LogP contribution in [0.2, 0.25) is 0 Å². The monoisotopic (exact) mass is 174 g/mol. The summed E-state index contributed by atoms with van der Waals surface area (Å²) in [5, 5.41) is 7.19. The van der Waals surface area contributed by atoms with E-state index in [1.54, 1.807) is 24.3 Å². The molecule has 0 aromatic heterocycles. The van der Waals surface area contributed by atoms with Gasteiger partial charge in [-0.2, -0.15) is 0 Å². The number of amidine groups is 1. The highest BCUT2D eigenvalue weighted by molar-refractivity contribution is 5.95. The van der Waals surface area contributed by atoms with Gasteiger partial charge in [0.05, 0.1) is 0 Å². The number of carbonyl (C=O) groups is 1. The molecule has 0 amide bonds. The highest BCUT2D eigenvalue weighted by Gasteiger charge is 1.94. The fraction of sp³-hybridized carbons (Fsp3) is 0. The maximum atomic E-state index is 10.0. The number of carbonyl (C=O) groups excluding carboxylic acids is 1. The van der Waals surface area contributed by atoms with Gasteiger partial charge in [0.15, 0.2) is 0 Å². The predicted molar refractivity (Wildman–Crippen MR) is 52.6 cm³/mol. The van der Waals surface area contributed by atoms with Crippen LogP contribution in [-0.4, -0.2) is 12.1 Å². The van der Waals surface area contributed by atoms with E-state index in [0.29, 0.717) is 11.8 Å². The second kappa shape index (κ2) is 4.21. The largest absolute Gasteiger partial charge is 0.384 e. The van der Waals surface area contributed by atoms with E-state index >= 15 is 0 Å². The Kier molecular flexibility index (Phi) is 2.97. The van der Waals surface area contributed by atoms with Gasteiger partial charge >= 0.3 is 0 Å². The Morgan fingerprint density at radius 2 is 2.23 bits per heavy atom.